The van der Waals surface area contributed by atoms with Crippen molar-refractivity contribution in [3.63, 3.8) is 0 Å². The predicted molar refractivity (Wildman–Crippen MR) is 198 cm³/mol. The van der Waals surface area contributed by atoms with Crippen LogP contribution in [0.3, 0.4) is 0 Å². The zero-order valence-corrected chi connectivity index (χ0v) is 33.8. The first-order chi connectivity index (χ1) is 25.2. The van der Waals surface area contributed by atoms with E-state index in [9.17, 15) is 4.79 Å². The van der Waals surface area contributed by atoms with Gasteiger partial charge in [-0.2, -0.15) is 0 Å². The molecule has 8 nitrogen and oxygen atoms in total. The van der Waals surface area contributed by atoms with Crippen LogP contribution in [-0.4, -0.2) is 75.0 Å². The summed E-state index contributed by atoms with van der Waals surface area (Å²) in [5, 5.41) is 0. The van der Waals surface area contributed by atoms with Gasteiger partial charge in [-0.05, 0) is 147 Å². The third kappa shape index (κ3) is 8.58. The van der Waals surface area contributed by atoms with Crippen molar-refractivity contribution in [1.29, 1.82) is 0 Å². The largest absolute Gasteiger partial charge is 0.466 e. The molecule has 3 saturated carbocycles. The summed E-state index contributed by atoms with van der Waals surface area (Å²) in [6, 6.07) is 0. The molecule has 0 N–H and O–H groups in total. The molecule has 0 aromatic carbocycles. The van der Waals surface area contributed by atoms with Gasteiger partial charge in [0.1, 0.15) is 5.60 Å². The molecule has 0 amide bonds. The van der Waals surface area contributed by atoms with Crippen LogP contribution in [-0.2, 0) is 38.0 Å². The molecular formula is C43H70F2O8. The monoisotopic (exact) mass is 753 g/mol. The zero-order chi connectivity index (χ0) is 38.0. The van der Waals surface area contributed by atoms with Crippen LogP contribution in [0.1, 0.15) is 145 Å². The SMILES string of the molecule is CCOC(=O)[C@H](CCC(F)(F)C(C)(C)OC(C)OCC)[C@H]1CC[C@H]2[C@@H]3CC=C4C[C@@H](OC5CCCCO5)C[C@H](OC5CCCCO5)[C@]4(C)[C@H]3CC[C@]12C. The number of rotatable bonds is 15. The summed E-state index contributed by atoms with van der Waals surface area (Å²) < 4.78 is 74.5. The molecular weight excluding hydrogens is 682 g/mol. The molecule has 4 aliphatic carbocycles. The van der Waals surface area contributed by atoms with Gasteiger partial charge in [0.15, 0.2) is 18.9 Å². The van der Waals surface area contributed by atoms with Crippen LogP contribution in [0.15, 0.2) is 11.6 Å². The average molecular weight is 753 g/mol. The van der Waals surface area contributed by atoms with E-state index in [2.05, 4.69) is 19.9 Å². The molecule has 2 aliphatic heterocycles. The minimum Gasteiger partial charge on any atom is -0.466 e. The normalized spacial score (nSPS) is 38.9. The second-order valence-electron chi connectivity index (χ2n) is 18.0. The Balaban J connectivity index is 1.22. The zero-order valence-electron chi connectivity index (χ0n) is 33.8. The van der Waals surface area contributed by atoms with Crippen molar-refractivity contribution in [2.45, 2.75) is 187 Å². The number of hydrogen-bond acceptors (Lipinski definition) is 8. The molecule has 2 saturated heterocycles. The lowest BCUT2D eigenvalue weighted by molar-refractivity contribution is -0.265. The van der Waals surface area contributed by atoms with E-state index < -0.39 is 30.2 Å². The van der Waals surface area contributed by atoms with Crippen LogP contribution in [0.5, 0.6) is 0 Å². The van der Waals surface area contributed by atoms with Gasteiger partial charge in [0, 0.05) is 38.1 Å². The Morgan fingerprint density at radius 3 is 2.28 bits per heavy atom. The van der Waals surface area contributed by atoms with Crippen LogP contribution >= 0.6 is 0 Å². The average Bonchev–Trinajstić information content (AvgIpc) is 3.46. The van der Waals surface area contributed by atoms with Crippen molar-refractivity contribution in [3.05, 3.63) is 11.6 Å². The fraction of sp³-hybridized carbons (Fsp3) is 0.930. The summed E-state index contributed by atoms with van der Waals surface area (Å²) in [5.74, 6) is -2.86. The van der Waals surface area contributed by atoms with Gasteiger partial charge in [-0.15, -0.1) is 0 Å². The van der Waals surface area contributed by atoms with Crippen LogP contribution in [0.25, 0.3) is 0 Å². The number of alkyl halides is 2. The van der Waals surface area contributed by atoms with Gasteiger partial charge in [0.25, 0.3) is 5.92 Å². The maximum Gasteiger partial charge on any atom is 0.309 e. The Morgan fingerprint density at radius 1 is 0.943 bits per heavy atom. The fourth-order valence-corrected chi connectivity index (χ4v) is 11.8. The van der Waals surface area contributed by atoms with Crippen molar-refractivity contribution >= 4 is 5.97 Å². The number of halogens is 2. The summed E-state index contributed by atoms with van der Waals surface area (Å²) in [5.41, 5.74) is -0.590. The van der Waals surface area contributed by atoms with E-state index in [1.807, 2.05) is 6.92 Å². The Morgan fingerprint density at radius 2 is 1.64 bits per heavy atom. The predicted octanol–water partition coefficient (Wildman–Crippen LogP) is 9.77. The second kappa shape index (κ2) is 17.1. The number of carbonyl (C=O) groups excluding carboxylic acids is 1. The lowest BCUT2D eigenvalue weighted by Gasteiger charge is -2.60. The summed E-state index contributed by atoms with van der Waals surface area (Å²) in [7, 11) is 0. The number of esters is 1. The number of ether oxygens (including phenoxy) is 7. The van der Waals surface area contributed by atoms with Gasteiger partial charge in [-0.3, -0.25) is 4.79 Å². The van der Waals surface area contributed by atoms with E-state index in [1.165, 1.54) is 19.4 Å². The molecule has 53 heavy (non-hydrogen) atoms. The fourth-order valence-electron chi connectivity index (χ4n) is 11.8. The number of carbonyl (C=O) groups is 1. The first kappa shape index (κ1) is 41.5. The first-order valence-electron chi connectivity index (χ1n) is 21.3. The second-order valence-corrected chi connectivity index (χ2v) is 18.0. The molecule has 10 heteroatoms. The molecule has 304 valence electrons. The molecule has 6 aliphatic rings. The molecule has 2 heterocycles. The van der Waals surface area contributed by atoms with Crippen molar-refractivity contribution in [2.75, 3.05) is 26.4 Å². The molecule has 0 aromatic heterocycles. The number of hydrogen-bond donors (Lipinski definition) is 0. The van der Waals surface area contributed by atoms with Crippen molar-refractivity contribution in [3.8, 4) is 0 Å². The van der Waals surface area contributed by atoms with E-state index in [-0.39, 0.29) is 60.5 Å². The van der Waals surface area contributed by atoms with Crippen LogP contribution in [0.2, 0.25) is 0 Å². The highest BCUT2D eigenvalue weighted by Crippen LogP contribution is 2.68. The van der Waals surface area contributed by atoms with E-state index in [0.717, 1.165) is 96.7 Å². The summed E-state index contributed by atoms with van der Waals surface area (Å²) in [6.45, 7) is 15.0. The Kier molecular flexibility index (Phi) is 13.4. The summed E-state index contributed by atoms with van der Waals surface area (Å²) >= 11 is 0. The highest BCUT2D eigenvalue weighted by Gasteiger charge is 2.63. The minimum absolute atomic E-state index is 0.0184. The highest BCUT2D eigenvalue weighted by atomic mass is 19.3. The first-order valence-corrected chi connectivity index (χ1v) is 21.3. The number of fused-ring (bicyclic) bond motifs is 5. The van der Waals surface area contributed by atoms with Crippen LogP contribution in [0, 0.1) is 40.4 Å². The highest BCUT2D eigenvalue weighted by molar-refractivity contribution is 5.73. The van der Waals surface area contributed by atoms with Gasteiger partial charge < -0.3 is 33.2 Å². The van der Waals surface area contributed by atoms with Crippen molar-refractivity contribution in [2.24, 2.45) is 40.4 Å². The van der Waals surface area contributed by atoms with Crippen LogP contribution < -0.4 is 0 Å². The van der Waals surface area contributed by atoms with Crippen molar-refractivity contribution < 1.29 is 46.7 Å². The molecule has 0 aromatic rings. The number of allylic oxidation sites excluding steroid dienone is 1. The van der Waals surface area contributed by atoms with Crippen molar-refractivity contribution in [1.82, 2.24) is 0 Å². The van der Waals surface area contributed by atoms with Crippen LogP contribution in [0.4, 0.5) is 8.78 Å². The molecule has 6 rings (SSSR count). The molecule has 0 bridgehead atoms. The molecule has 0 radical (unpaired) electrons. The van der Waals surface area contributed by atoms with Gasteiger partial charge in [0.05, 0.1) is 24.7 Å². The van der Waals surface area contributed by atoms with E-state index in [4.69, 9.17) is 33.2 Å². The van der Waals surface area contributed by atoms with Gasteiger partial charge >= 0.3 is 5.97 Å². The van der Waals surface area contributed by atoms with Gasteiger partial charge in [0.2, 0.25) is 0 Å². The smallest absolute Gasteiger partial charge is 0.309 e. The maximum absolute atomic E-state index is 15.9. The van der Waals surface area contributed by atoms with E-state index in [1.54, 1.807) is 13.8 Å². The van der Waals surface area contributed by atoms with E-state index >= 15 is 8.78 Å². The lowest BCUT2D eigenvalue weighted by atomic mass is 9.46. The molecule has 0 spiro atoms. The molecule has 3 unspecified atom stereocenters. The summed E-state index contributed by atoms with van der Waals surface area (Å²) in [4.78, 5) is 13.7. The van der Waals surface area contributed by atoms with Gasteiger partial charge in [-0.25, -0.2) is 8.78 Å². The van der Waals surface area contributed by atoms with E-state index in [0.29, 0.717) is 24.4 Å². The Hall–Kier alpha value is -1.17. The maximum atomic E-state index is 15.9. The molecule has 5 fully saturated rings. The molecule has 12 atom stereocenters. The third-order valence-electron chi connectivity index (χ3n) is 14.7. The topological polar surface area (TPSA) is 81.7 Å². The Labute approximate surface area is 318 Å². The standard InChI is InChI=1S/C43H70F2O8/c1-8-47-28(3)53-40(4,5)43(44,45)23-20-32(39(46)48-9-2)34-19-18-33-31-17-16-29-26-30(51-37-14-10-12-24-49-37)27-36(52-38-15-11-13-25-50-38)42(29,7)35(31)21-22-41(33,34)6/h16,28,30-38H,8-15,17-27H2,1-7H3/t28?,30-,31+,32-,33+,34-,35+,36+,37?,38?,41+,42+/m1/s1. The third-order valence-corrected chi connectivity index (χ3v) is 14.7. The minimum atomic E-state index is -3.17. The van der Waals surface area contributed by atoms with Gasteiger partial charge in [-0.1, -0.05) is 25.5 Å². The quantitative estimate of drug-likeness (QED) is 0.0930. The summed E-state index contributed by atoms with van der Waals surface area (Å²) in [6.07, 6.45) is 13.9. The Bertz CT molecular complexity index is 1250. The lowest BCUT2D eigenvalue weighted by Crippen LogP contribution is -2.57.